The summed E-state index contributed by atoms with van der Waals surface area (Å²) in [6.07, 6.45) is 0. The molecule has 0 aliphatic rings. The van der Waals surface area contributed by atoms with Crippen molar-refractivity contribution < 1.29 is 9.18 Å². The zero-order chi connectivity index (χ0) is 9.84. The van der Waals surface area contributed by atoms with E-state index in [1.54, 1.807) is 12.1 Å². The molecule has 0 fully saturated rings. The fraction of sp³-hybridized carbons (Fsp3) is 0.222. The van der Waals surface area contributed by atoms with Gasteiger partial charge in [0.25, 0.3) is 5.91 Å². The number of hydrogen-bond acceptors (Lipinski definition) is 1. The van der Waals surface area contributed by atoms with Crippen molar-refractivity contribution in [1.82, 2.24) is 5.32 Å². The lowest BCUT2D eigenvalue weighted by atomic mass is 10.1. The summed E-state index contributed by atoms with van der Waals surface area (Å²) in [5, 5.41) is 2.79. The Morgan fingerprint density at radius 3 is 2.85 bits per heavy atom. The first-order chi connectivity index (χ1) is 6.20. The zero-order valence-electron chi connectivity index (χ0n) is 7.10. The van der Waals surface area contributed by atoms with Crippen molar-refractivity contribution in [2.75, 3.05) is 7.05 Å². The van der Waals surface area contributed by atoms with Crippen molar-refractivity contribution in [1.29, 1.82) is 0 Å². The van der Waals surface area contributed by atoms with Crippen LogP contribution in [0, 0.1) is 5.82 Å². The molecule has 0 aromatic heterocycles. The number of nitrogens with one attached hydrogen (secondary N) is 1. The molecule has 2 nitrogen and oxygen atoms in total. The molecule has 0 radical (unpaired) electrons. The fourth-order valence-corrected chi connectivity index (χ4v) is 1.43. The van der Waals surface area contributed by atoms with Crippen molar-refractivity contribution in [3.8, 4) is 0 Å². The lowest BCUT2D eigenvalue weighted by Crippen LogP contribution is -2.19. The Morgan fingerprint density at radius 2 is 2.31 bits per heavy atom. The third-order valence-corrected chi connectivity index (χ3v) is 2.30. The first-order valence-corrected chi connectivity index (χ1v) is 4.88. The summed E-state index contributed by atoms with van der Waals surface area (Å²) >= 11 is 3.14. The Labute approximate surface area is 84.3 Å². The monoisotopic (exact) mass is 245 g/mol. The summed E-state index contributed by atoms with van der Waals surface area (Å²) in [6, 6.07) is 4.75. The summed E-state index contributed by atoms with van der Waals surface area (Å²) in [7, 11) is 1.47. The lowest BCUT2D eigenvalue weighted by molar-refractivity contribution is 0.0959. The lowest BCUT2D eigenvalue weighted by Gasteiger charge is -2.04. The van der Waals surface area contributed by atoms with E-state index in [0.717, 1.165) is 0 Å². The Kier molecular flexibility index (Phi) is 3.42. The SMILES string of the molecule is CNC(=O)c1cccc(CBr)c1F. The predicted molar refractivity (Wildman–Crippen MR) is 52.4 cm³/mol. The van der Waals surface area contributed by atoms with E-state index in [4.69, 9.17) is 0 Å². The minimum atomic E-state index is -0.460. The van der Waals surface area contributed by atoms with Gasteiger partial charge in [-0.1, -0.05) is 28.1 Å². The number of alkyl halides is 1. The van der Waals surface area contributed by atoms with Crippen LogP contribution in [-0.4, -0.2) is 13.0 Å². The summed E-state index contributed by atoms with van der Waals surface area (Å²) in [5.41, 5.74) is 0.570. The molecule has 0 heterocycles. The van der Waals surface area contributed by atoms with E-state index in [1.165, 1.54) is 13.1 Å². The minimum Gasteiger partial charge on any atom is -0.355 e. The molecule has 1 aromatic rings. The number of rotatable bonds is 2. The van der Waals surface area contributed by atoms with Gasteiger partial charge in [-0.15, -0.1) is 0 Å². The Balaban J connectivity index is 3.15. The van der Waals surface area contributed by atoms with Crippen LogP contribution < -0.4 is 5.32 Å². The normalized spacial score (nSPS) is 9.77. The quantitative estimate of drug-likeness (QED) is 0.795. The molecule has 0 atom stereocenters. The standard InChI is InChI=1S/C9H9BrFNO/c1-12-9(13)7-4-2-3-6(5-10)8(7)11/h2-4H,5H2,1H3,(H,12,13). The van der Waals surface area contributed by atoms with Gasteiger partial charge < -0.3 is 5.32 Å². The van der Waals surface area contributed by atoms with Crippen molar-refractivity contribution in [3.05, 3.63) is 35.1 Å². The number of halogens is 2. The molecular weight excluding hydrogens is 237 g/mol. The highest BCUT2D eigenvalue weighted by Crippen LogP contribution is 2.15. The van der Waals surface area contributed by atoms with Crippen LogP contribution in [0.3, 0.4) is 0 Å². The highest BCUT2D eigenvalue weighted by molar-refractivity contribution is 9.08. The van der Waals surface area contributed by atoms with Gasteiger partial charge in [-0.05, 0) is 11.6 Å². The molecule has 1 aromatic carbocycles. The van der Waals surface area contributed by atoms with Crippen molar-refractivity contribution in [2.45, 2.75) is 5.33 Å². The van der Waals surface area contributed by atoms with E-state index in [9.17, 15) is 9.18 Å². The first-order valence-electron chi connectivity index (χ1n) is 3.76. The van der Waals surface area contributed by atoms with E-state index in [2.05, 4.69) is 21.2 Å². The van der Waals surface area contributed by atoms with E-state index in [-0.39, 0.29) is 5.56 Å². The Morgan fingerprint density at radius 1 is 1.62 bits per heavy atom. The molecule has 0 saturated heterocycles. The molecule has 1 amide bonds. The second kappa shape index (κ2) is 4.37. The van der Waals surface area contributed by atoms with Gasteiger partial charge >= 0.3 is 0 Å². The molecule has 0 spiro atoms. The molecule has 1 N–H and O–H groups in total. The number of hydrogen-bond donors (Lipinski definition) is 1. The van der Waals surface area contributed by atoms with E-state index in [1.807, 2.05) is 0 Å². The van der Waals surface area contributed by atoms with Crippen LogP contribution in [0.25, 0.3) is 0 Å². The highest BCUT2D eigenvalue weighted by Gasteiger charge is 2.12. The second-order valence-corrected chi connectivity index (χ2v) is 3.05. The summed E-state index contributed by atoms with van der Waals surface area (Å²) in [5.74, 6) is -0.862. The average Bonchev–Trinajstić information content (AvgIpc) is 2.17. The molecule has 0 bridgehead atoms. The van der Waals surface area contributed by atoms with Gasteiger partial charge in [-0.3, -0.25) is 4.79 Å². The third-order valence-electron chi connectivity index (χ3n) is 1.69. The van der Waals surface area contributed by atoms with Gasteiger partial charge in [-0.2, -0.15) is 0 Å². The van der Waals surface area contributed by atoms with Crippen molar-refractivity contribution in [3.63, 3.8) is 0 Å². The molecule has 70 valence electrons. The molecular formula is C9H9BrFNO. The number of amides is 1. The van der Waals surface area contributed by atoms with E-state index < -0.39 is 11.7 Å². The van der Waals surface area contributed by atoms with Crippen LogP contribution >= 0.6 is 15.9 Å². The summed E-state index contributed by atoms with van der Waals surface area (Å²) in [4.78, 5) is 11.1. The molecule has 1 rings (SSSR count). The van der Waals surface area contributed by atoms with Gasteiger partial charge in [-0.25, -0.2) is 4.39 Å². The third kappa shape index (κ3) is 2.06. The largest absolute Gasteiger partial charge is 0.355 e. The number of benzene rings is 1. The fourth-order valence-electron chi connectivity index (χ4n) is 0.993. The van der Waals surface area contributed by atoms with Crippen LogP contribution in [0.4, 0.5) is 4.39 Å². The van der Waals surface area contributed by atoms with E-state index in [0.29, 0.717) is 10.9 Å². The Hall–Kier alpha value is -0.900. The van der Waals surface area contributed by atoms with Crippen LogP contribution in [0.15, 0.2) is 18.2 Å². The predicted octanol–water partition coefficient (Wildman–Crippen LogP) is 2.08. The van der Waals surface area contributed by atoms with Gasteiger partial charge in [0, 0.05) is 12.4 Å². The Bertz CT molecular complexity index is 327. The smallest absolute Gasteiger partial charge is 0.254 e. The van der Waals surface area contributed by atoms with Gasteiger partial charge in [0.05, 0.1) is 5.56 Å². The van der Waals surface area contributed by atoms with Crippen LogP contribution in [0.2, 0.25) is 0 Å². The maximum atomic E-state index is 13.4. The highest BCUT2D eigenvalue weighted by atomic mass is 79.9. The number of carbonyl (C=O) groups excluding carboxylic acids is 1. The topological polar surface area (TPSA) is 29.1 Å². The summed E-state index contributed by atoms with van der Waals surface area (Å²) in [6.45, 7) is 0. The van der Waals surface area contributed by atoms with Crippen LogP contribution in [0.5, 0.6) is 0 Å². The molecule has 0 aliphatic carbocycles. The first kappa shape index (κ1) is 10.2. The molecule has 0 saturated carbocycles. The summed E-state index contributed by atoms with van der Waals surface area (Å²) < 4.78 is 13.4. The second-order valence-electron chi connectivity index (χ2n) is 2.49. The van der Waals surface area contributed by atoms with Crippen LogP contribution in [-0.2, 0) is 5.33 Å². The van der Waals surface area contributed by atoms with Crippen molar-refractivity contribution in [2.24, 2.45) is 0 Å². The molecule has 0 aliphatic heterocycles. The maximum Gasteiger partial charge on any atom is 0.254 e. The van der Waals surface area contributed by atoms with Gasteiger partial charge in [0.2, 0.25) is 0 Å². The molecule has 0 unspecified atom stereocenters. The van der Waals surface area contributed by atoms with Crippen molar-refractivity contribution >= 4 is 21.8 Å². The van der Waals surface area contributed by atoms with Crippen LogP contribution in [0.1, 0.15) is 15.9 Å². The maximum absolute atomic E-state index is 13.4. The number of carbonyl (C=O) groups is 1. The molecule has 4 heteroatoms. The molecule has 13 heavy (non-hydrogen) atoms. The van der Waals surface area contributed by atoms with E-state index >= 15 is 0 Å². The zero-order valence-corrected chi connectivity index (χ0v) is 8.69. The minimum absolute atomic E-state index is 0.0828. The van der Waals surface area contributed by atoms with Gasteiger partial charge in [0.15, 0.2) is 0 Å². The van der Waals surface area contributed by atoms with Gasteiger partial charge in [0.1, 0.15) is 5.82 Å². The average molecular weight is 246 g/mol.